The molecule has 0 bridgehead atoms. The number of fused-ring (bicyclic) bond motifs is 1. The second-order valence-electron chi connectivity index (χ2n) is 10.1. The van der Waals surface area contributed by atoms with Crippen molar-refractivity contribution in [3.8, 4) is 5.75 Å². The SMILES string of the molecule is Cc1cc(N2CCC([N+](C)(C(=O)C(C)(C)F)[C@@H]3CCc4ccc(OC(=O)O)cc43)CC2)ccn1. The first-order valence-corrected chi connectivity index (χ1v) is 11.8. The number of carbonyl (C=O) groups is 2. The molecule has 0 radical (unpaired) electrons. The van der Waals surface area contributed by atoms with Crippen LogP contribution in [0.15, 0.2) is 36.5 Å². The molecule has 182 valence electrons. The Balaban J connectivity index is 1.65. The third-order valence-electron chi connectivity index (χ3n) is 7.43. The number of rotatable bonds is 5. The van der Waals surface area contributed by atoms with E-state index in [-0.39, 0.29) is 22.3 Å². The number of alkyl halides is 1. The number of nitrogens with zero attached hydrogens (tertiary/aromatic N) is 3. The van der Waals surface area contributed by atoms with Crippen molar-refractivity contribution >= 4 is 17.7 Å². The number of aromatic nitrogens is 1. The van der Waals surface area contributed by atoms with Crippen LogP contribution in [0.5, 0.6) is 5.75 Å². The molecule has 2 aromatic rings. The number of carboxylic acid groups (broad SMARTS) is 1. The van der Waals surface area contributed by atoms with Crippen LogP contribution in [0.4, 0.5) is 14.9 Å². The minimum absolute atomic E-state index is 0.0315. The number of aryl methyl sites for hydroxylation is 2. The van der Waals surface area contributed by atoms with Crippen LogP contribution >= 0.6 is 0 Å². The van der Waals surface area contributed by atoms with Crippen LogP contribution in [-0.4, -0.2) is 58.5 Å². The van der Waals surface area contributed by atoms with Crippen molar-refractivity contribution in [3.05, 3.63) is 53.3 Å². The Hall–Kier alpha value is -3.00. The Kier molecular flexibility index (Phi) is 6.38. The summed E-state index contributed by atoms with van der Waals surface area (Å²) in [6.07, 6.45) is 3.38. The molecule has 1 unspecified atom stereocenters. The molecule has 1 aliphatic carbocycles. The third-order valence-corrected chi connectivity index (χ3v) is 7.43. The number of hydrogen-bond donors (Lipinski definition) is 1. The van der Waals surface area contributed by atoms with Crippen molar-refractivity contribution in [2.24, 2.45) is 0 Å². The number of benzene rings is 1. The normalized spacial score (nSPS) is 20.5. The van der Waals surface area contributed by atoms with Crippen LogP contribution < -0.4 is 9.64 Å². The van der Waals surface area contributed by atoms with Gasteiger partial charge in [0.1, 0.15) is 11.8 Å². The van der Waals surface area contributed by atoms with Crippen molar-refractivity contribution in [2.45, 2.75) is 64.2 Å². The van der Waals surface area contributed by atoms with Crippen molar-refractivity contribution in [1.82, 2.24) is 4.98 Å². The molecule has 1 aromatic heterocycles. The molecule has 34 heavy (non-hydrogen) atoms. The largest absolute Gasteiger partial charge is 0.511 e. The number of piperidine rings is 1. The van der Waals surface area contributed by atoms with Crippen LogP contribution in [0.2, 0.25) is 0 Å². The highest BCUT2D eigenvalue weighted by Crippen LogP contribution is 2.46. The van der Waals surface area contributed by atoms with Gasteiger partial charge < -0.3 is 14.7 Å². The van der Waals surface area contributed by atoms with Gasteiger partial charge in [-0.3, -0.25) is 9.47 Å². The Morgan fingerprint density at radius 2 is 1.88 bits per heavy atom. The molecule has 0 spiro atoms. The second kappa shape index (κ2) is 8.98. The van der Waals surface area contributed by atoms with Gasteiger partial charge in [0.15, 0.2) is 0 Å². The summed E-state index contributed by atoms with van der Waals surface area (Å²) in [5, 5.41) is 9.04. The van der Waals surface area contributed by atoms with Crippen LogP contribution in [0.3, 0.4) is 0 Å². The summed E-state index contributed by atoms with van der Waals surface area (Å²) in [6, 6.07) is 8.95. The van der Waals surface area contributed by atoms with E-state index in [0.29, 0.717) is 6.42 Å². The summed E-state index contributed by atoms with van der Waals surface area (Å²) in [5.41, 5.74) is 2.01. The van der Waals surface area contributed by atoms with E-state index < -0.39 is 17.7 Å². The molecule has 1 amide bonds. The summed E-state index contributed by atoms with van der Waals surface area (Å²) >= 11 is 0. The van der Waals surface area contributed by atoms with E-state index in [1.165, 1.54) is 13.8 Å². The predicted octanol–water partition coefficient (Wildman–Crippen LogP) is 4.82. The molecular formula is C26H33FN3O4+. The summed E-state index contributed by atoms with van der Waals surface area (Å²) in [4.78, 5) is 31.3. The first kappa shape index (κ1) is 24.1. The summed E-state index contributed by atoms with van der Waals surface area (Å²) in [5.74, 6) is -0.215. The zero-order chi connectivity index (χ0) is 24.7. The van der Waals surface area contributed by atoms with Gasteiger partial charge in [0, 0.05) is 55.5 Å². The highest BCUT2D eigenvalue weighted by molar-refractivity contribution is 5.78. The quantitative estimate of drug-likeness (QED) is 0.383. The zero-order valence-corrected chi connectivity index (χ0v) is 20.3. The third kappa shape index (κ3) is 4.51. The standard InChI is InChI=1S/C26H32FN3O4/c1-17-15-19(9-12-28-17)29-13-10-20(11-14-29)30(4,24(31)26(2,3)27)23-8-6-18-5-7-21(16-22(18)23)34-25(32)33/h5,7,9,12,15-16,20,23H,6,8,10-11,13-14H2,1-4H3/p+1/t23-,30?/m1/s1. The van der Waals surface area contributed by atoms with E-state index in [4.69, 9.17) is 9.84 Å². The Labute approximate surface area is 199 Å². The number of anilines is 1. The molecule has 7 nitrogen and oxygen atoms in total. The topological polar surface area (TPSA) is 79.7 Å². The van der Waals surface area contributed by atoms with Crippen LogP contribution in [-0.2, 0) is 11.2 Å². The average molecular weight is 471 g/mol. The van der Waals surface area contributed by atoms with Gasteiger partial charge in [-0.1, -0.05) is 6.07 Å². The van der Waals surface area contributed by atoms with E-state index in [2.05, 4.69) is 16.0 Å². The Bertz CT molecular complexity index is 1090. The van der Waals surface area contributed by atoms with Gasteiger partial charge in [-0.05, 0) is 57.0 Å². The van der Waals surface area contributed by atoms with Gasteiger partial charge in [-0.15, -0.1) is 0 Å². The van der Waals surface area contributed by atoms with Crippen LogP contribution in [0.1, 0.15) is 56.0 Å². The molecule has 2 atom stereocenters. The second-order valence-corrected chi connectivity index (χ2v) is 10.1. The lowest BCUT2D eigenvalue weighted by molar-refractivity contribution is -0.894. The molecule has 2 aliphatic rings. The number of ether oxygens (including phenoxy) is 1. The molecule has 1 aliphatic heterocycles. The highest BCUT2D eigenvalue weighted by Gasteiger charge is 2.55. The number of amides is 1. The fourth-order valence-electron chi connectivity index (χ4n) is 5.80. The minimum atomic E-state index is -1.99. The lowest BCUT2D eigenvalue weighted by Gasteiger charge is -2.48. The monoisotopic (exact) mass is 470 g/mol. The number of quaternary nitrogens is 1. The number of halogens is 1. The molecule has 2 heterocycles. The maximum atomic E-state index is 15.2. The molecule has 0 saturated carbocycles. The average Bonchev–Trinajstić information content (AvgIpc) is 3.21. The van der Waals surface area contributed by atoms with Crippen molar-refractivity contribution < 1.29 is 28.3 Å². The first-order chi connectivity index (χ1) is 16.0. The lowest BCUT2D eigenvalue weighted by Crippen LogP contribution is -2.64. The van der Waals surface area contributed by atoms with E-state index in [1.54, 1.807) is 18.3 Å². The lowest BCUT2D eigenvalue weighted by atomic mass is 9.92. The molecule has 4 rings (SSSR count). The highest BCUT2D eigenvalue weighted by atomic mass is 19.1. The van der Waals surface area contributed by atoms with Crippen molar-refractivity contribution in [2.75, 3.05) is 25.0 Å². The summed E-state index contributed by atoms with van der Waals surface area (Å²) in [6.45, 7) is 6.17. The molecule has 1 aromatic carbocycles. The maximum absolute atomic E-state index is 15.2. The van der Waals surface area contributed by atoms with Gasteiger partial charge in [-0.2, -0.15) is 0 Å². The summed E-state index contributed by atoms with van der Waals surface area (Å²) in [7, 11) is 1.87. The van der Waals surface area contributed by atoms with Gasteiger partial charge in [0.2, 0.25) is 5.67 Å². The zero-order valence-electron chi connectivity index (χ0n) is 20.3. The fourth-order valence-corrected chi connectivity index (χ4v) is 5.80. The van der Waals surface area contributed by atoms with Gasteiger partial charge >= 0.3 is 12.1 Å². The molecule has 8 heteroatoms. The van der Waals surface area contributed by atoms with Crippen LogP contribution in [0, 0.1) is 6.92 Å². The summed E-state index contributed by atoms with van der Waals surface area (Å²) < 4.78 is 20.1. The van der Waals surface area contributed by atoms with Crippen LogP contribution in [0.25, 0.3) is 0 Å². The van der Waals surface area contributed by atoms with Gasteiger partial charge in [0.05, 0.1) is 13.1 Å². The number of hydrogen-bond acceptors (Lipinski definition) is 5. The smallest absolute Gasteiger partial charge is 0.449 e. The van der Waals surface area contributed by atoms with Crippen molar-refractivity contribution in [3.63, 3.8) is 0 Å². The van der Waals surface area contributed by atoms with E-state index in [1.807, 2.05) is 26.1 Å². The molecule has 1 saturated heterocycles. The maximum Gasteiger partial charge on any atom is 0.511 e. The molecule has 1 N–H and O–H groups in total. The van der Waals surface area contributed by atoms with Crippen molar-refractivity contribution in [1.29, 1.82) is 0 Å². The Morgan fingerprint density at radius 3 is 2.50 bits per heavy atom. The van der Waals surface area contributed by atoms with E-state index in [0.717, 1.165) is 54.9 Å². The van der Waals surface area contributed by atoms with Gasteiger partial charge in [-0.25, -0.2) is 14.0 Å². The molecule has 1 fully saturated rings. The Morgan fingerprint density at radius 1 is 1.18 bits per heavy atom. The number of pyridine rings is 1. The fraction of sp³-hybridized carbons (Fsp3) is 0.500. The predicted molar refractivity (Wildman–Crippen MR) is 127 cm³/mol. The molecular weight excluding hydrogens is 437 g/mol. The minimum Gasteiger partial charge on any atom is -0.449 e. The van der Waals surface area contributed by atoms with Gasteiger partial charge in [0.25, 0.3) is 0 Å². The number of carbonyl (C=O) groups excluding carboxylic acids is 1. The first-order valence-electron chi connectivity index (χ1n) is 11.8. The van der Waals surface area contributed by atoms with E-state index >= 15 is 4.39 Å². The van der Waals surface area contributed by atoms with E-state index in [9.17, 15) is 9.59 Å².